The molecule has 0 saturated heterocycles. The minimum absolute atomic E-state index is 0.144. The van der Waals surface area contributed by atoms with E-state index in [-0.39, 0.29) is 5.97 Å². The van der Waals surface area contributed by atoms with Crippen molar-refractivity contribution in [3.63, 3.8) is 0 Å². The van der Waals surface area contributed by atoms with Crippen LogP contribution in [0.2, 0.25) is 0 Å². The Bertz CT molecular complexity index is 149. The predicted molar refractivity (Wildman–Crippen MR) is 43.7 cm³/mol. The molecule has 0 rings (SSSR count). The van der Waals surface area contributed by atoms with Crippen LogP contribution in [0.4, 0.5) is 0 Å². The normalized spacial score (nSPS) is 8.73. The van der Waals surface area contributed by atoms with E-state index in [9.17, 15) is 4.79 Å². The summed E-state index contributed by atoms with van der Waals surface area (Å²) in [4.78, 5) is 14.0. The highest BCUT2D eigenvalue weighted by Gasteiger charge is 1.97. The highest BCUT2D eigenvalue weighted by atomic mass is 16.5. The lowest BCUT2D eigenvalue weighted by molar-refractivity contribution is -0.143. The minimum atomic E-state index is -0.144. The van der Waals surface area contributed by atoms with Gasteiger partial charge in [0.05, 0.1) is 6.61 Å². The molecule has 62 valence electrons. The zero-order valence-electron chi connectivity index (χ0n) is 6.88. The van der Waals surface area contributed by atoms with Gasteiger partial charge in [-0.05, 0) is 6.42 Å². The summed E-state index contributed by atoms with van der Waals surface area (Å²) < 4.78 is 4.82. The maximum atomic E-state index is 10.6. The Balaban J connectivity index is 3.03. The van der Waals surface area contributed by atoms with Gasteiger partial charge in [0.15, 0.2) is 0 Å². The molecule has 0 radical (unpaired) electrons. The van der Waals surface area contributed by atoms with Gasteiger partial charge in [0.1, 0.15) is 0 Å². The van der Waals surface area contributed by atoms with Crippen LogP contribution in [-0.2, 0) is 9.53 Å². The first-order chi connectivity index (χ1) is 5.31. The van der Waals surface area contributed by atoms with Gasteiger partial charge in [0.2, 0.25) is 0 Å². The second kappa shape index (κ2) is 7.07. The van der Waals surface area contributed by atoms with Crippen LogP contribution >= 0.6 is 0 Å². The van der Waals surface area contributed by atoms with E-state index < -0.39 is 0 Å². The Hall–Kier alpha value is -1.04. The lowest BCUT2D eigenvalue weighted by Crippen LogP contribution is -2.03. The maximum Gasteiger partial charge on any atom is 0.305 e. The fourth-order valence-corrected chi connectivity index (χ4v) is 0.593. The summed E-state index contributed by atoms with van der Waals surface area (Å²) in [5.41, 5.74) is 0. The van der Waals surface area contributed by atoms with Crippen LogP contribution in [0.15, 0.2) is 0 Å². The number of carbonyl (C=O) groups is 1. The van der Waals surface area contributed by atoms with E-state index in [1.54, 1.807) is 6.92 Å². The van der Waals surface area contributed by atoms with Crippen molar-refractivity contribution in [1.29, 1.82) is 0 Å². The molecule has 0 aliphatic rings. The molecule has 0 aromatic rings. The first-order valence-corrected chi connectivity index (χ1v) is 3.83. The van der Waals surface area contributed by atoms with Gasteiger partial charge in [-0.2, -0.15) is 0 Å². The topological polar surface area (TPSA) is 30.7 Å². The molecular weight excluding hydrogens is 142 g/mol. The Labute approximate surface area is 67.2 Å². The molecule has 0 aliphatic carbocycles. The molecule has 0 aromatic carbocycles. The fraction of sp³-hybridized carbons (Fsp3) is 0.750. The van der Waals surface area contributed by atoms with Crippen LogP contribution in [0.3, 0.4) is 0 Å². The van der Waals surface area contributed by atoms with E-state index in [0.29, 0.717) is 19.6 Å². The number of unbranched alkanes of at least 4 members (excludes halogenated alkanes) is 1. The molecule has 0 atom stereocenters. The lowest BCUT2D eigenvalue weighted by atomic mass is 10.3. The van der Waals surface area contributed by atoms with Gasteiger partial charge in [-0.15, -0.1) is 0 Å². The number of esters is 1. The van der Waals surface area contributed by atoms with E-state index in [0.717, 1.165) is 12.8 Å². The van der Waals surface area contributed by atoms with Gasteiger partial charge in [0, 0.05) is 12.8 Å². The number of rotatable bonds is 5. The van der Waals surface area contributed by atoms with Crippen LogP contribution in [0.25, 0.3) is 4.85 Å². The van der Waals surface area contributed by atoms with Crippen molar-refractivity contribution in [2.24, 2.45) is 0 Å². The molecule has 3 nitrogen and oxygen atoms in total. The molecule has 3 heteroatoms. The molecule has 11 heavy (non-hydrogen) atoms. The van der Waals surface area contributed by atoms with Gasteiger partial charge < -0.3 is 4.74 Å². The first-order valence-electron chi connectivity index (χ1n) is 3.83. The van der Waals surface area contributed by atoms with E-state index >= 15 is 0 Å². The Morgan fingerprint density at radius 2 is 2.27 bits per heavy atom. The maximum absolute atomic E-state index is 10.6. The molecular formula is C8H14NO2+. The van der Waals surface area contributed by atoms with Crippen LogP contribution < -0.4 is 0 Å². The SMILES string of the molecule is C#[N+]CCCCOC(=O)CC. The molecule has 0 spiro atoms. The second-order valence-corrected chi connectivity index (χ2v) is 2.19. The summed E-state index contributed by atoms with van der Waals surface area (Å²) in [6.45, 7) is 7.82. The van der Waals surface area contributed by atoms with Gasteiger partial charge in [-0.25, -0.2) is 0 Å². The Morgan fingerprint density at radius 1 is 1.55 bits per heavy atom. The molecule has 0 bridgehead atoms. The third kappa shape index (κ3) is 6.85. The zero-order chi connectivity index (χ0) is 8.53. The number of hydrogen-bond donors (Lipinski definition) is 0. The van der Waals surface area contributed by atoms with Crippen molar-refractivity contribution in [1.82, 2.24) is 0 Å². The van der Waals surface area contributed by atoms with Gasteiger partial charge in [-0.3, -0.25) is 4.79 Å². The van der Waals surface area contributed by atoms with Crippen molar-refractivity contribution < 1.29 is 9.53 Å². The third-order valence-corrected chi connectivity index (χ3v) is 1.23. The summed E-state index contributed by atoms with van der Waals surface area (Å²) in [7, 11) is 0. The minimum Gasteiger partial charge on any atom is -0.466 e. The molecule has 0 unspecified atom stereocenters. The lowest BCUT2D eigenvalue weighted by Gasteiger charge is -1.99. The molecule has 0 amide bonds. The monoisotopic (exact) mass is 156 g/mol. The van der Waals surface area contributed by atoms with Crippen molar-refractivity contribution in [3.05, 3.63) is 4.85 Å². The Morgan fingerprint density at radius 3 is 2.82 bits per heavy atom. The van der Waals surface area contributed by atoms with Crippen molar-refractivity contribution in [3.8, 4) is 6.57 Å². The number of carbonyl (C=O) groups excluding carboxylic acids is 1. The molecule has 0 fully saturated rings. The molecule has 0 aliphatic heterocycles. The molecule has 0 aromatic heterocycles. The van der Waals surface area contributed by atoms with Crippen LogP contribution in [0.5, 0.6) is 0 Å². The largest absolute Gasteiger partial charge is 0.466 e. The van der Waals surface area contributed by atoms with Crippen molar-refractivity contribution in [2.45, 2.75) is 26.2 Å². The van der Waals surface area contributed by atoms with Gasteiger partial charge in [-0.1, -0.05) is 11.8 Å². The van der Waals surface area contributed by atoms with Crippen molar-refractivity contribution in [2.75, 3.05) is 13.2 Å². The third-order valence-electron chi connectivity index (χ3n) is 1.23. The summed E-state index contributed by atoms with van der Waals surface area (Å²) in [5.74, 6) is -0.144. The summed E-state index contributed by atoms with van der Waals surface area (Å²) >= 11 is 0. The molecule has 0 heterocycles. The molecule has 0 saturated carbocycles. The number of ether oxygens (including phenoxy) is 1. The van der Waals surface area contributed by atoms with Crippen LogP contribution in [-0.4, -0.2) is 19.1 Å². The Kier molecular flexibility index (Phi) is 6.40. The van der Waals surface area contributed by atoms with E-state index in [2.05, 4.69) is 4.85 Å². The highest BCUT2D eigenvalue weighted by molar-refractivity contribution is 5.68. The summed E-state index contributed by atoms with van der Waals surface area (Å²) in [6.07, 6.45) is 2.17. The fourth-order valence-electron chi connectivity index (χ4n) is 0.593. The molecule has 0 N–H and O–H groups in total. The second-order valence-electron chi connectivity index (χ2n) is 2.19. The van der Waals surface area contributed by atoms with Gasteiger partial charge in [0.25, 0.3) is 13.1 Å². The summed E-state index contributed by atoms with van der Waals surface area (Å²) in [5, 5.41) is 0. The van der Waals surface area contributed by atoms with Crippen LogP contribution in [0.1, 0.15) is 26.2 Å². The summed E-state index contributed by atoms with van der Waals surface area (Å²) in [6, 6.07) is 0. The number of nitrogens with zero attached hydrogens (tertiary/aromatic N) is 1. The highest BCUT2D eigenvalue weighted by Crippen LogP contribution is 1.92. The standard InChI is InChI=1S/C8H14NO2/c1-3-8(10)11-7-5-4-6-9-2/h2H,3-7H2,1H3/q+1. The van der Waals surface area contributed by atoms with Crippen molar-refractivity contribution >= 4 is 5.97 Å². The zero-order valence-corrected chi connectivity index (χ0v) is 6.88. The first kappa shape index (κ1) is 9.96. The average molecular weight is 156 g/mol. The predicted octanol–water partition coefficient (Wildman–Crippen LogP) is 1.68. The van der Waals surface area contributed by atoms with E-state index in [1.807, 2.05) is 0 Å². The quantitative estimate of drug-likeness (QED) is 0.448. The van der Waals surface area contributed by atoms with Crippen LogP contribution in [0, 0.1) is 6.57 Å². The van der Waals surface area contributed by atoms with Gasteiger partial charge >= 0.3 is 5.97 Å². The smallest absolute Gasteiger partial charge is 0.305 e. The average Bonchev–Trinajstić information content (AvgIpc) is 2.04. The van der Waals surface area contributed by atoms with E-state index in [1.165, 1.54) is 0 Å². The number of hydrogen-bond acceptors (Lipinski definition) is 2. The van der Waals surface area contributed by atoms with E-state index in [4.69, 9.17) is 11.3 Å².